The van der Waals surface area contributed by atoms with Gasteiger partial charge in [0, 0.05) is 32.4 Å². The van der Waals surface area contributed by atoms with Crippen LogP contribution in [0.5, 0.6) is 0 Å². The first-order valence-electron chi connectivity index (χ1n) is 6.85. The van der Waals surface area contributed by atoms with Crippen LogP contribution in [-0.2, 0) is 9.53 Å². The number of hydrogen-bond donors (Lipinski definition) is 1. The second-order valence-corrected chi connectivity index (χ2v) is 4.98. The molecule has 0 aliphatic carbocycles. The zero-order valence-corrected chi connectivity index (χ0v) is 12.0. The SMILES string of the molecule is CN(CC(CN)OC=O)c1ccc(N2CC=CC2)c(F)c1. The Hall–Kier alpha value is -2.08. The number of halogens is 1. The number of ether oxygens (including phenoxy) is 1. The molecule has 1 aliphatic rings. The minimum Gasteiger partial charge on any atom is -0.461 e. The quantitative estimate of drug-likeness (QED) is 0.603. The van der Waals surface area contributed by atoms with Crippen molar-refractivity contribution in [2.75, 3.05) is 43.0 Å². The zero-order valence-electron chi connectivity index (χ0n) is 12.0. The summed E-state index contributed by atoms with van der Waals surface area (Å²) in [7, 11) is 1.81. The maximum Gasteiger partial charge on any atom is 0.293 e. The summed E-state index contributed by atoms with van der Waals surface area (Å²) in [4.78, 5) is 14.1. The standard InChI is InChI=1S/C15H20FN3O2/c1-18(10-13(9-17)21-11-20)12-4-5-15(14(16)8-12)19-6-2-3-7-19/h2-5,8,11,13H,6-7,9-10,17H2,1H3. The predicted molar refractivity (Wildman–Crippen MR) is 81.0 cm³/mol. The van der Waals surface area contributed by atoms with E-state index in [0.29, 0.717) is 18.7 Å². The number of carbonyl (C=O) groups excluding carboxylic acids is 1. The van der Waals surface area contributed by atoms with Crippen LogP contribution < -0.4 is 15.5 Å². The molecule has 1 atom stereocenters. The molecule has 0 bridgehead atoms. The lowest BCUT2D eigenvalue weighted by Crippen LogP contribution is -2.36. The van der Waals surface area contributed by atoms with E-state index in [0.717, 1.165) is 18.8 Å². The maximum absolute atomic E-state index is 14.2. The molecule has 1 heterocycles. The zero-order chi connectivity index (χ0) is 15.2. The molecule has 1 aromatic rings. The summed E-state index contributed by atoms with van der Waals surface area (Å²) >= 11 is 0. The number of hydrogen-bond acceptors (Lipinski definition) is 5. The molecule has 114 valence electrons. The van der Waals surface area contributed by atoms with E-state index in [1.54, 1.807) is 6.07 Å². The highest BCUT2D eigenvalue weighted by molar-refractivity contribution is 5.58. The second kappa shape index (κ2) is 7.08. The van der Waals surface area contributed by atoms with Gasteiger partial charge in [0.1, 0.15) is 11.9 Å². The van der Waals surface area contributed by atoms with Crippen molar-refractivity contribution >= 4 is 17.8 Å². The molecule has 21 heavy (non-hydrogen) atoms. The second-order valence-electron chi connectivity index (χ2n) is 4.98. The molecular weight excluding hydrogens is 273 g/mol. The molecule has 2 N–H and O–H groups in total. The number of nitrogens with two attached hydrogens (primary N) is 1. The Morgan fingerprint density at radius 3 is 2.76 bits per heavy atom. The van der Waals surface area contributed by atoms with Gasteiger partial charge in [0.2, 0.25) is 0 Å². The van der Waals surface area contributed by atoms with E-state index >= 15 is 0 Å². The monoisotopic (exact) mass is 293 g/mol. The molecule has 0 radical (unpaired) electrons. The molecule has 0 fully saturated rings. The van der Waals surface area contributed by atoms with E-state index in [1.807, 2.05) is 35.1 Å². The molecule has 5 nitrogen and oxygen atoms in total. The number of anilines is 2. The van der Waals surface area contributed by atoms with Crippen molar-refractivity contribution in [1.29, 1.82) is 0 Å². The van der Waals surface area contributed by atoms with Gasteiger partial charge in [0.15, 0.2) is 0 Å². The van der Waals surface area contributed by atoms with Crippen molar-refractivity contribution in [3.8, 4) is 0 Å². The van der Waals surface area contributed by atoms with Crippen molar-refractivity contribution < 1.29 is 13.9 Å². The van der Waals surface area contributed by atoms with Crippen LogP contribution in [0.2, 0.25) is 0 Å². The average Bonchev–Trinajstić information content (AvgIpc) is 3.00. The molecule has 0 amide bonds. The Morgan fingerprint density at radius 1 is 1.48 bits per heavy atom. The summed E-state index contributed by atoms with van der Waals surface area (Å²) in [5, 5.41) is 0. The summed E-state index contributed by atoms with van der Waals surface area (Å²) in [5.41, 5.74) is 6.84. The molecule has 0 saturated heterocycles. The first kappa shape index (κ1) is 15.3. The Kier molecular flexibility index (Phi) is 5.16. The maximum atomic E-state index is 14.2. The fourth-order valence-electron chi connectivity index (χ4n) is 2.33. The van der Waals surface area contributed by atoms with E-state index in [-0.39, 0.29) is 12.4 Å². The van der Waals surface area contributed by atoms with Crippen LogP contribution in [0.25, 0.3) is 0 Å². The highest BCUT2D eigenvalue weighted by Gasteiger charge is 2.16. The van der Waals surface area contributed by atoms with Crippen LogP contribution in [0.1, 0.15) is 0 Å². The van der Waals surface area contributed by atoms with Crippen molar-refractivity contribution in [1.82, 2.24) is 0 Å². The Balaban J connectivity index is 2.06. The normalized spacial score (nSPS) is 15.1. The van der Waals surface area contributed by atoms with E-state index in [1.165, 1.54) is 6.07 Å². The number of carbonyl (C=O) groups is 1. The summed E-state index contributed by atoms with van der Waals surface area (Å²) in [6, 6.07) is 5.11. The van der Waals surface area contributed by atoms with Gasteiger partial charge in [0.05, 0.1) is 12.2 Å². The van der Waals surface area contributed by atoms with Crippen LogP contribution >= 0.6 is 0 Å². The number of nitrogens with zero attached hydrogens (tertiary/aromatic N) is 2. The molecule has 1 aliphatic heterocycles. The predicted octanol–water partition coefficient (Wildman–Crippen LogP) is 1.14. The fraction of sp³-hybridized carbons (Fsp3) is 0.400. The Bertz CT molecular complexity index is 514. The third kappa shape index (κ3) is 3.72. The average molecular weight is 293 g/mol. The summed E-state index contributed by atoms with van der Waals surface area (Å²) in [6.45, 7) is 2.49. The van der Waals surface area contributed by atoms with Crippen molar-refractivity contribution in [2.45, 2.75) is 6.10 Å². The van der Waals surface area contributed by atoms with Crippen LogP contribution in [0.4, 0.5) is 15.8 Å². The molecule has 0 saturated carbocycles. The van der Waals surface area contributed by atoms with Gasteiger partial charge >= 0.3 is 0 Å². The van der Waals surface area contributed by atoms with Crippen LogP contribution in [0.15, 0.2) is 30.4 Å². The van der Waals surface area contributed by atoms with Crippen LogP contribution in [-0.4, -0.2) is 45.8 Å². The lowest BCUT2D eigenvalue weighted by atomic mass is 10.2. The van der Waals surface area contributed by atoms with E-state index in [9.17, 15) is 9.18 Å². The van der Waals surface area contributed by atoms with Crippen molar-refractivity contribution in [3.63, 3.8) is 0 Å². The molecule has 2 rings (SSSR count). The molecule has 1 aromatic carbocycles. The van der Waals surface area contributed by atoms with Gasteiger partial charge in [-0.05, 0) is 18.2 Å². The highest BCUT2D eigenvalue weighted by atomic mass is 19.1. The summed E-state index contributed by atoms with van der Waals surface area (Å²) in [6.07, 6.45) is 3.63. The Labute approximate surface area is 123 Å². The van der Waals surface area contributed by atoms with E-state index < -0.39 is 6.10 Å². The molecule has 6 heteroatoms. The first-order valence-corrected chi connectivity index (χ1v) is 6.85. The van der Waals surface area contributed by atoms with Crippen molar-refractivity contribution in [2.24, 2.45) is 5.73 Å². The minimum atomic E-state index is -0.405. The van der Waals surface area contributed by atoms with Gasteiger partial charge in [0.25, 0.3) is 6.47 Å². The molecule has 0 aromatic heterocycles. The first-order chi connectivity index (χ1) is 10.2. The van der Waals surface area contributed by atoms with E-state index in [4.69, 9.17) is 10.5 Å². The number of likely N-dealkylation sites (N-methyl/N-ethyl adjacent to an activating group) is 1. The largest absolute Gasteiger partial charge is 0.461 e. The van der Waals surface area contributed by atoms with Gasteiger partial charge in [-0.3, -0.25) is 4.79 Å². The third-order valence-corrected chi connectivity index (χ3v) is 3.52. The molecule has 1 unspecified atom stereocenters. The van der Waals surface area contributed by atoms with Gasteiger partial charge < -0.3 is 20.3 Å². The topological polar surface area (TPSA) is 58.8 Å². The molecular formula is C15H20FN3O2. The van der Waals surface area contributed by atoms with Crippen LogP contribution in [0.3, 0.4) is 0 Å². The highest BCUT2D eigenvalue weighted by Crippen LogP contribution is 2.25. The lowest BCUT2D eigenvalue weighted by Gasteiger charge is -2.25. The van der Waals surface area contributed by atoms with Crippen molar-refractivity contribution in [3.05, 3.63) is 36.2 Å². The van der Waals surface area contributed by atoms with E-state index in [2.05, 4.69) is 0 Å². The van der Waals surface area contributed by atoms with Gasteiger partial charge in [-0.15, -0.1) is 0 Å². The Morgan fingerprint density at radius 2 is 2.19 bits per heavy atom. The fourth-order valence-corrected chi connectivity index (χ4v) is 2.33. The summed E-state index contributed by atoms with van der Waals surface area (Å²) in [5.74, 6) is -0.261. The van der Waals surface area contributed by atoms with Gasteiger partial charge in [-0.1, -0.05) is 12.2 Å². The van der Waals surface area contributed by atoms with Crippen LogP contribution in [0, 0.1) is 5.82 Å². The number of rotatable bonds is 7. The van der Waals surface area contributed by atoms with Gasteiger partial charge in [-0.25, -0.2) is 4.39 Å². The minimum absolute atomic E-state index is 0.225. The van der Waals surface area contributed by atoms with Gasteiger partial charge in [-0.2, -0.15) is 0 Å². The lowest BCUT2D eigenvalue weighted by molar-refractivity contribution is -0.132. The summed E-state index contributed by atoms with van der Waals surface area (Å²) < 4.78 is 19.1. The smallest absolute Gasteiger partial charge is 0.293 e. The number of benzene rings is 1. The molecule has 0 spiro atoms. The third-order valence-electron chi connectivity index (χ3n) is 3.52.